The number of carbonyl (C=O) groups excluding carboxylic acids is 2. The van der Waals surface area contributed by atoms with Crippen LogP contribution >= 0.6 is 0 Å². The summed E-state index contributed by atoms with van der Waals surface area (Å²) in [6.45, 7) is 2.58. The van der Waals surface area contributed by atoms with Gasteiger partial charge in [-0.1, -0.05) is 13.3 Å². The molecule has 0 aliphatic carbocycles. The molecule has 2 N–H and O–H groups in total. The van der Waals surface area contributed by atoms with Crippen molar-refractivity contribution in [3.63, 3.8) is 0 Å². The van der Waals surface area contributed by atoms with Crippen LogP contribution in [-0.4, -0.2) is 30.6 Å². The van der Waals surface area contributed by atoms with Gasteiger partial charge < -0.3 is 15.2 Å². The minimum absolute atomic E-state index is 0.292. The number of ether oxygens (including phenoxy) is 1. The van der Waals surface area contributed by atoms with Crippen molar-refractivity contribution < 1.29 is 19.4 Å². The van der Waals surface area contributed by atoms with E-state index >= 15 is 0 Å². The molecule has 0 fully saturated rings. The molecule has 90 valence electrons. The molecule has 0 bridgehead atoms. The van der Waals surface area contributed by atoms with Crippen molar-refractivity contribution in [2.24, 2.45) is 0 Å². The maximum absolute atomic E-state index is 11.1. The van der Waals surface area contributed by atoms with Crippen LogP contribution in [0.5, 0.6) is 0 Å². The first-order chi connectivity index (χ1) is 7.60. The van der Waals surface area contributed by atoms with Crippen molar-refractivity contribution in [3.8, 4) is 0 Å². The standard InChI is InChI=1S/C11H17NO4/c1-3-4-7-12-10(14)8-9(13)5-6-11(15)16-2/h5-6,8,13H,3-4,7H2,1-2H3,(H,12,14)/b6-5-,9-8?. The molecule has 0 saturated carbocycles. The predicted octanol–water partition coefficient (Wildman–Crippen LogP) is 1.07. The zero-order valence-corrected chi connectivity index (χ0v) is 9.53. The van der Waals surface area contributed by atoms with Crippen molar-refractivity contribution >= 4 is 11.9 Å². The summed E-state index contributed by atoms with van der Waals surface area (Å²) in [5.74, 6) is -1.27. The van der Waals surface area contributed by atoms with Crippen molar-refractivity contribution in [2.45, 2.75) is 19.8 Å². The Morgan fingerprint density at radius 2 is 2.06 bits per heavy atom. The summed E-state index contributed by atoms with van der Waals surface area (Å²) in [6.07, 6.45) is 5.02. The number of rotatable bonds is 6. The third kappa shape index (κ3) is 7.61. The van der Waals surface area contributed by atoms with E-state index in [0.29, 0.717) is 6.54 Å². The molecule has 0 spiro atoms. The second kappa shape index (κ2) is 8.52. The SMILES string of the molecule is CCCCNC(=O)C=C(O)/C=C\C(=O)OC. The minimum atomic E-state index is -0.591. The lowest BCUT2D eigenvalue weighted by Gasteiger charge is -1.99. The van der Waals surface area contributed by atoms with Gasteiger partial charge in [-0.05, 0) is 12.5 Å². The zero-order chi connectivity index (χ0) is 12.4. The van der Waals surface area contributed by atoms with Gasteiger partial charge in [-0.15, -0.1) is 0 Å². The summed E-state index contributed by atoms with van der Waals surface area (Å²) in [7, 11) is 1.23. The van der Waals surface area contributed by atoms with Gasteiger partial charge in [-0.3, -0.25) is 4.79 Å². The Hall–Kier alpha value is -1.78. The lowest BCUT2D eigenvalue weighted by atomic mass is 10.3. The van der Waals surface area contributed by atoms with E-state index in [-0.39, 0.29) is 11.7 Å². The zero-order valence-electron chi connectivity index (χ0n) is 9.53. The van der Waals surface area contributed by atoms with E-state index < -0.39 is 5.97 Å². The number of esters is 1. The Morgan fingerprint density at radius 3 is 2.62 bits per heavy atom. The summed E-state index contributed by atoms with van der Waals surface area (Å²) in [6, 6.07) is 0. The Morgan fingerprint density at radius 1 is 1.38 bits per heavy atom. The van der Waals surface area contributed by atoms with Crippen LogP contribution in [0.15, 0.2) is 24.0 Å². The largest absolute Gasteiger partial charge is 0.508 e. The van der Waals surface area contributed by atoms with Crippen molar-refractivity contribution in [3.05, 3.63) is 24.0 Å². The number of aliphatic hydroxyl groups is 1. The smallest absolute Gasteiger partial charge is 0.330 e. The van der Waals surface area contributed by atoms with E-state index in [1.54, 1.807) is 0 Å². The second-order valence-electron chi connectivity index (χ2n) is 3.07. The molecule has 0 aliphatic heterocycles. The lowest BCUT2D eigenvalue weighted by molar-refractivity contribution is -0.134. The van der Waals surface area contributed by atoms with E-state index in [4.69, 9.17) is 0 Å². The number of hydrogen-bond acceptors (Lipinski definition) is 4. The average molecular weight is 227 g/mol. The molecular weight excluding hydrogens is 210 g/mol. The highest BCUT2D eigenvalue weighted by Gasteiger charge is 1.98. The minimum Gasteiger partial charge on any atom is -0.508 e. The third-order valence-electron chi connectivity index (χ3n) is 1.70. The fourth-order valence-electron chi connectivity index (χ4n) is 0.843. The van der Waals surface area contributed by atoms with Crippen LogP contribution in [0.3, 0.4) is 0 Å². The van der Waals surface area contributed by atoms with E-state index in [1.165, 1.54) is 7.11 Å². The highest BCUT2D eigenvalue weighted by molar-refractivity contribution is 5.88. The van der Waals surface area contributed by atoms with Gasteiger partial charge in [0.15, 0.2) is 0 Å². The number of unbranched alkanes of at least 4 members (excludes halogenated alkanes) is 1. The summed E-state index contributed by atoms with van der Waals surface area (Å²) in [5, 5.41) is 11.8. The molecule has 0 radical (unpaired) electrons. The molecule has 0 aromatic heterocycles. The number of hydrogen-bond donors (Lipinski definition) is 2. The molecule has 0 unspecified atom stereocenters. The van der Waals surface area contributed by atoms with Crippen molar-refractivity contribution in [1.82, 2.24) is 5.32 Å². The molecular formula is C11H17NO4. The molecule has 0 saturated heterocycles. The Bertz CT molecular complexity index is 294. The van der Waals surface area contributed by atoms with E-state index in [1.807, 2.05) is 6.92 Å². The molecule has 0 rings (SSSR count). The molecule has 0 aromatic rings. The topological polar surface area (TPSA) is 75.6 Å². The Labute approximate surface area is 94.8 Å². The van der Waals surface area contributed by atoms with Crippen LogP contribution < -0.4 is 5.32 Å². The van der Waals surface area contributed by atoms with Gasteiger partial charge in [0.25, 0.3) is 0 Å². The molecule has 1 amide bonds. The quantitative estimate of drug-likeness (QED) is 0.234. The number of methoxy groups -OCH3 is 1. The van der Waals surface area contributed by atoms with Crippen LogP contribution in [0.1, 0.15) is 19.8 Å². The van der Waals surface area contributed by atoms with Gasteiger partial charge in [-0.2, -0.15) is 0 Å². The molecule has 5 nitrogen and oxygen atoms in total. The molecule has 0 heterocycles. The van der Waals surface area contributed by atoms with Gasteiger partial charge in [0.1, 0.15) is 5.76 Å². The van der Waals surface area contributed by atoms with Gasteiger partial charge in [0.05, 0.1) is 7.11 Å². The number of carbonyl (C=O) groups is 2. The first-order valence-electron chi connectivity index (χ1n) is 5.04. The van der Waals surface area contributed by atoms with Crippen LogP contribution in [0.4, 0.5) is 0 Å². The van der Waals surface area contributed by atoms with Gasteiger partial charge in [0.2, 0.25) is 5.91 Å². The highest BCUT2D eigenvalue weighted by Crippen LogP contribution is 1.92. The monoisotopic (exact) mass is 227 g/mol. The summed E-state index contributed by atoms with van der Waals surface area (Å²) in [4.78, 5) is 21.8. The van der Waals surface area contributed by atoms with Gasteiger partial charge >= 0.3 is 5.97 Å². The van der Waals surface area contributed by atoms with Crippen LogP contribution in [0.2, 0.25) is 0 Å². The Balaban J connectivity index is 4.05. The summed E-state index contributed by atoms with van der Waals surface area (Å²) < 4.78 is 4.32. The maximum Gasteiger partial charge on any atom is 0.330 e. The van der Waals surface area contributed by atoms with E-state index in [0.717, 1.165) is 31.1 Å². The van der Waals surface area contributed by atoms with Crippen molar-refractivity contribution in [2.75, 3.05) is 13.7 Å². The molecule has 5 heteroatoms. The van der Waals surface area contributed by atoms with Gasteiger partial charge in [0, 0.05) is 18.7 Å². The fourth-order valence-corrected chi connectivity index (χ4v) is 0.843. The molecule has 0 aromatic carbocycles. The first-order valence-corrected chi connectivity index (χ1v) is 5.04. The van der Waals surface area contributed by atoms with E-state index in [2.05, 4.69) is 10.1 Å². The van der Waals surface area contributed by atoms with Crippen molar-refractivity contribution in [1.29, 1.82) is 0 Å². The number of amides is 1. The number of allylic oxidation sites excluding steroid dienone is 1. The maximum atomic E-state index is 11.1. The highest BCUT2D eigenvalue weighted by atomic mass is 16.5. The van der Waals surface area contributed by atoms with Gasteiger partial charge in [-0.25, -0.2) is 4.79 Å². The average Bonchev–Trinajstić information content (AvgIpc) is 2.26. The third-order valence-corrected chi connectivity index (χ3v) is 1.70. The van der Waals surface area contributed by atoms with Crippen LogP contribution in [-0.2, 0) is 14.3 Å². The van der Waals surface area contributed by atoms with Crippen LogP contribution in [0, 0.1) is 0 Å². The normalized spacial score (nSPS) is 11.5. The summed E-state index contributed by atoms with van der Waals surface area (Å²) in [5.41, 5.74) is 0. The molecule has 0 aliphatic rings. The molecule has 16 heavy (non-hydrogen) atoms. The number of aliphatic hydroxyl groups excluding tert-OH is 1. The Kier molecular flexibility index (Phi) is 7.57. The van der Waals surface area contributed by atoms with Crippen LogP contribution in [0.25, 0.3) is 0 Å². The summed E-state index contributed by atoms with van der Waals surface area (Å²) >= 11 is 0. The fraction of sp³-hybridized carbons (Fsp3) is 0.455. The first kappa shape index (κ1) is 14.2. The van der Waals surface area contributed by atoms with E-state index in [9.17, 15) is 14.7 Å². The molecule has 0 atom stereocenters. The predicted molar refractivity (Wildman–Crippen MR) is 59.8 cm³/mol. The lowest BCUT2D eigenvalue weighted by Crippen LogP contribution is -2.22. The second-order valence-corrected chi connectivity index (χ2v) is 3.07. The number of nitrogens with one attached hydrogen (secondary N) is 1.